The van der Waals surface area contributed by atoms with E-state index >= 15 is 0 Å². The third kappa shape index (κ3) is 4.17. The molecular weight excluding hydrogens is 484 g/mol. The highest BCUT2D eigenvalue weighted by Crippen LogP contribution is 2.50. The van der Waals surface area contributed by atoms with Crippen LogP contribution in [0.2, 0.25) is 0 Å². The van der Waals surface area contributed by atoms with Gasteiger partial charge in [0.25, 0.3) is 0 Å². The zero-order chi connectivity index (χ0) is 23.9. The van der Waals surface area contributed by atoms with Crippen molar-refractivity contribution < 1.29 is 19.1 Å². The molecule has 2 aliphatic rings. The maximum absolute atomic E-state index is 13.6. The summed E-state index contributed by atoms with van der Waals surface area (Å²) in [4.78, 5) is 28.5. The highest BCUT2D eigenvalue weighted by Gasteiger charge is 2.46. The SMILES string of the molecule is COC(=O)C1=C(N)N(c2ccc(Br)cc2)C2=C(C(=O)CC(C)(C)C2)[C@H]1c1ccc(OC)cc1. The van der Waals surface area contributed by atoms with Crippen LogP contribution in [0.25, 0.3) is 0 Å². The topological polar surface area (TPSA) is 81.9 Å². The maximum Gasteiger partial charge on any atom is 0.338 e. The normalized spacial score (nSPS) is 20.0. The smallest absolute Gasteiger partial charge is 0.338 e. The number of anilines is 1. The lowest BCUT2D eigenvalue weighted by atomic mass is 9.68. The van der Waals surface area contributed by atoms with Gasteiger partial charge in [0.15, 0.2) is 5.78 Å². The molecule has 0 bridgehead atoms. The largest absolute Gasteiger partial charge is 0.497 e. The van der Waals surface area contributed by atoms with Crippen LogP contribution in [0.3, 0.4) is 0 Å². The summed E-state index contributed by atoms with van der Waals surface area (Å²) >= 11 is 3.47. The van der Waals surface area contributed by atoms with Gasteiger partial charge in [-0.25, -0.2) is 4.79 Å². The fourth-order valence-electron chi connectivity index (χ4n) is 4.73. The number of Topliss-reactive ketones (excluding diaryl/α,β-unsaturated/α-hetero) is 1. The highest BCUT2D eigenvalue weighted by molar-refractivity contribution is 9.10. The molecule has 1 aliphatic carbocycles. The molecule has 0 spiro atoms. The van der Waals surface area contributed by atoms with Crippen molar-refractivity contribution in [2.45, 2.75) is 32.6 Å². The van der Waals surface area contributed by atoms with Gasteiger partial charge in [0.2, 0.25) is 0 Å². The number of hydrogen-bond donors (Lipinski definition) is 1. The molecule has 6 nitrogen and oxygen atoms in total. The van der Waals surface area contributed by atoms with Crippen LogP contribution in [-0.2, 0) is 14.3 Å². The lowest BCUT2D eigenvalue weighted by molar-refractivity contribution is -0.136. The molecule has 4 rings (SSSR count). The summed E-state index contributed by atoms with van der Waals surface area (Å²) in [7, 11) is 2.92. The first kappa shape index (κ1) is 23.1. The van der Waals surface area contributed by atoms with E-state index in [-0.39, 0.29) is 22.6 Å². The Bertz CT molecular complexity index is 1160. The Kier molecular flexibility index (Phi) is 6.10. The van der Waals surface area contributed by atoms with Crippen molar-refractivity contribution >= 4 is 33.4 Å². The van der Waals surface area contributed by atoms with Gasteiger partial charge in [-0.15, -0.1) is 0 Å². The van der Waals surface area contributed by atoms with Crippen LogP contribution in [0.5, 0.6) is 5.75 Å². The first-order valence-corrected chi connectivity index (χ1v) is 11.5. The van der Waals surface area contributed by atoms with Crippen LogP contribution < -0.4 is 15.4 Å². The van der Waals surface area contributed by atoms with Gasteiger partial charge < -0.3 is 15.2 Å². The number of methoxy groups -OCH3 is 2. The minimum absolute atomic E-state index is 0.0121. The lowest BCUT2D eigenvalue weighted by Gasteiger charge is -2.44. The van der Waals surface area contributed by atoms with Crippen molar-refractivity contribution in [3.05, 3.63) is 81.2 Å². The molecular formula is C26H27BrN2O4. The van der Waals surface area contributed by atoms with Gasteiger partial charge in [0, 0.05) is 27.9 Å². The molecule has 0 saturated carbocycles. The number of ether oxygens (including phenoxy) is 2. The van der Waals surface area contributed by atoms with E-state index in [1.165, 1.54) is 7.11 Å². The van der Waals surface area contributed by atoms with Crippen molar-refractivity contribution in [1.29, 1.82) is 0 Å². The third-order valence-corrected chi connectivity index (χ3v) is 6.73. The molecule has 0 radical (unpaired) electrons. The number of halogens is 1. The number of nitrogens with two attached hydrogens (primary N) is 1. The number of benzene rings is 2. The van der Waals surface area contributed by atoms with Gasteiger partial charge >= 0.3 is 5.97 Å². The molecule has 1 atom stereocenters. The number of nitrogens with zero attached hydrogens (tertiary/aromatic N) is 1. The Labute approximate surface area is 202 Å². The molecule has 0 saturated heterocycles. The van der Waals surface area contributed by atoms with Crippen LogP contribution in [-0.4, -0.2) is 26.0 Å². The molecule has 1 aliphatic heterocycles. The molecule has 7 heteroatoms. The predicted octanol–water partition coefficient (Wildman–Crippen LogP) is 5.05. The quantitative estimate of drug-likeness (QED) is 0.579. The van der Waals surface area contributed by atoms with E-state index < -0.39 is 11.9 Å². The van der Waals surface area contributed by atoms with Gasteiger partial charge in [-0.05, 0) is 53.8 Å². The number of hydrogen-bond acceptors (Lipinski definition) is 6. The lowest BCUT2D eigenvalue weighted by Crippen LogP contribution is -2.43. The van der Waals surface area contributed by atoms with Gasteiger partial charge in [-0.1, -0.05) is 41.9 Å². The fourth-order valence-corrected chi connectivity index (χ4v) is 5.00. The van der Waals surface area contributed by atoms with Crippen molar-refractivity contribution in [3.8, 4) is 5.75 Å². The standard InChI is InChI=1S/C26H27BrN2O4/c1-26(2)13-19-22(20(30)14-26)21(15-5-11-18(32-3)12-6-15)23(25(31)33-4)24(28)29(19)17-9-7-16(27)8-10-17/h5-12,21H,13-14,28H2,1-4H3/t21-/m1/s1. The minimum atomic E-state index is -0.617. The maximum atomic E-state index is 13.6. The van der Waals surface area contributed by atoms with E-state index in [2.05, 4.69) is 29.8 Å². The summed E-state index contributed by atoms with van der Waals surface area (Å²) in [6.45, 7) is 4.15. The second-order valence-electron chi connectivity index (χ2n) is 9.11. The Morgan fingerprint density at radius 3 is 2.27 bits per heavy atom. The average Bonchev–Trinajstić information content (AvgIpc) is 2.78. The molecule has 2 aromatic rings. The van der Waals surface area contributed by atoms with Gasteiger partial charge in [0.1, 0.15) is 11.6 Å². The molecule has 0 amide bonds. The van der Waals surface area contributed by atoms with E-state index in [9.17, 15) is 9.59 Å². The van der Waals surface area contributed by atoms with Gasteiger partial charge in [-0.3, -0.25) is 9.69 Å². The molecule has 0 aromatic heterocycles. The summed E-state index contributed by atoms with van der Waals surface area (Å²) in [5.74, 6) is -0.200. The summed E-state index contributed by atoms with van der Waals surface area (Å²) in [6, 6.07) is 15.0. The second-order valence-corrected chi connectivity index (χ2v) is 10.0. The molecule has 0 fully saturated rings. The monoisotopic (exact) mass is 510 g/mol. The Balaban J connectivity index is 2.00. The second kappa shape index (κ2) is 8.71. The van der Waals surface area contributed by atoms with Crippen LogP contribution in [0.4, 0.5) is 5.69 Å². The van der Waals surface area contributed by atoms with E-state index in [4.69, 9.17) is 15.2 Å². The molecule has 172 valence electrons. The number of esters is 1. The number of allylic oxidation sites excluding steroid dienone is 2. The number of ketones is 1. The van der Waals surface area contributed by atoms with Crippen LogP contribution >= 0.6 is 15.9 Å². The predicted molar refractivity (Wildman–Crippen MR) is 131 cm³/mol. The van der Waals surface area contributed by atoms with Gasteiger partial charge in [0.05, 0.1) is 25.7 Å². The van der Waals surface area contributed by atoms with Crippen LogP contribution in [0, 0.1) is 5.41 Å². The van der Waals surface area contributed by atoms with Gasteiger partial charge in [-0.2, -0.15) is 0 Å². The van der Waals surface area contributed by atoms with Crippen LogP contribution in [0.1, 0.15) is 38.2 Å². The average molecular weight is 511 g/mol. The molecule has 2 N–H and O–H groups in total. The summed E-state index contributed by atoms with van der Waals surface area (Å²) < 4.78 is 11.4. The Hall–Kier alpha value is -3.06. The third-order valence-electron chi connectivity index (χ3n) is 6.20. The molecule has 2 aromatic carbocycles. The summed E-state index contributed by atoms with van der Waals surface area (Å²) in [5, 5.41) is 0. The van der Waals surface area contributed by atoms with Crippen molar-refractivity contribution in [1.82, 2.24) is 0 Å². The number of carbonyl (C=O) groups is 2. The van der Waals surface area contributed by atoms with Crippen molar-refractivity contribution in [3.63, 3.8) is 0 Å². The first-order valence-electron chi connectivity index (χ1n) is 10.7. The van der Waals surface area contributed by atoms with E-state index in [0.29, 0.717) is 24.2 Å². The van der Waals surface area contributed by atoms with Crippen molar-refractivity contribution in [2.75, 3.05) is 19.1 Å². The Morgan fingerprint density at radius 1 is 1.06 bits per heavy atom. The summed E-state index contributed by atoms with van der Waals surface area (Å²) in [5.41, 5.74) is 9.73. The molecule has 33 heavy (non-hydrogen) atoms. The summed E-state index contributed by atoms with van der Waals surface area (Å²) in [6.07, 6.45) is 1.03. The zero-order valence-corrected chi connectivity index (χ0v) is 20.7. The van der Waals surface area contributed by atoms with E-state index in [1.807, 2.05) is 53.4 Å². The van der Waals surface area contributed by atoms with Crippen LogP contribution in [0.15, 0.2) is 75.7 Å². The molecule has 1 heterocycles. The highest BCUT2D eigenvalue weighted by atomic mass is 79.9. The van der Waals surface area contributed by atoms with E-state index in [0.717, 1.165) is 21.4 Å². The van der Waals surface area contributed by atoms with Crippen molar-refractivity contribution in [2.24, 2.45) is 11.1 Å². The number of carbonyl (C=O) groups excluding carboxylic acids is 2. The fraction of sp³-hybridized carbons (Fsp3) is 0.308. The van der Waals surface area contributed by atoms with E-state index in [1.54, 1.807) is 7.11 Å². The first-order chi connectivity index (χ1) is 15.7. The Morgan fingerprint density at radius 2 is 1.70 bits per heavy atom. The molecule has 0 unspecified atom stereocenters. The zero-order valence-electron chi connectivity index (χ0n) is 19.1. The minimum Gasteiger partial charge on any atom is -0.497 e. The number of rotatable bonds is 4.